The van der Waals surface area contributed by atoms with Crippen molar-refractivity contribution in [1.82, 2.24) is 4.98 Å². The summed E-state index contributed by atoms with van der Waals surface area (Å²) in [6, 6.07) is 17.7. The molecule has 10 heteroatoms. The second-order valence-corrected chi connectivity index (χ2v) is 9.63. The summed E-state index contributed by atoms with van der Waals surface area (Å²) in [6.45, 7) is 0. The normalized spacial score (nSPS) is 11.2. The van der Waals surface area contributed by atoms with Gasteiger partial charge < -0.3 is 5.32 Å². The molecule has 1 N–H and O–H groups in total. The van der Waals surface area contributed by atoms with Crippen LogP contribution in [0.1, 0.15) is 9.67 Å². The van der Waals surface area contributed by atoms with Crippen LogP contribution in [-0.4, -0.2) is 15.8 Å². The van der Waals surface area contributed by atoms with Gasteiger partial charge in [0.25, 0.3) is 11.6 Å². The second kappa shape index (κ2) is 8.14. The third-order valence-corrected chi connectivity index (χ3v) is 7.94. The van der Waals surface area contributed by atoms with E-state index in [1.165, 1.54) is 6.07 Å². The maximum absolute atomic E-state index is 13.0. The Morgan fingerprint density at radius 3 is 2.62 bits per heavy atom. The molecule has 0 aliphatic carbocycles. The average Bonchev–Trinajstić information content (AvgIpc) is 3.36. The van der Waals surface area contributed by atoms with Gasteiger partial charge in [-0.15, -0.1) is 22.7 Å². The van der Waals surface area contributed by atoms with Gasteiger partial charge in [0.15, 0.2) is 0 Å². The number of nitrogens with zero attached hydrogens (tertiary/aromatic N) is 2. The molecule has 0 saturated heterocycles. The molecule has 0 aliphatic heterocycles. The number of rotatable bonds is 4. The lowest BCUT2D eigenvalue weighted by atomic mass is 10.2. The van der Waals surface area contributed by atoms with Crippen LogP contribution in [0.3, 0.4) is 0 Å². The minimum Gasteiger partial charge on any atom is -0.320 e. The largest absolute Gasteiger partial charge is 0.320 e. The van der Waals surface area contributed by atoms with E-state index in [0.717, 1.165) is 32.1 Å². The SMILES string of the molecule is O=C(Nc1cc(-c2nc3ccccc3s2)ccc1Cl)c1sc2c([N+](=O)[O-])cccc2c1Cl. The third kappa shape index (κ3) is 3.61. The van der Waals surface area contributed by atoms with Crippen LogP contribution in [0.2, 0.25) is 10.0 Å². The first-order chi connectivity index (χ1) is 15.4. The lowest BCUT2D eigenvalue weighted by Crippen LogP contribution is -2.11. The molecule has 0 radical (unpaired) electrons. The molecule has 5 aromatic rings. The van der Waals surface area contributed by atoms with Gasteiger partial charge in [0, 0.05) is 17.0 Å². The fraction of sp³-hybridized carbons (Fsp3) is 0. The van der Waals surface area contributed by atoms with Crippen molar-refractivity contribution >= 4 is 83.5 Å². The van der Waals surface area contributed by atoms with Crippen molar-refractivity contribution in [3.8, 4) is 10.6 Å². The average molecular weight is 500 g/mol. The van der Waals surface area contributed by atoms with Gasteiger partial charge in [-0.2, -0.15) is 0 Å². The number of nitrogens with one attached hydrogen (secondary N) is 1. The molecule has 158 valence electrons. The van der Waals surface area contributed by atoms with E-state index >= 15 is 0 Å². The molecule has 0 aliphatic rings. The number of hydrogen-bond acceptors (Lipinski definition) is 6. The Bertz CT molecular complexity index is 1510. The zero-order valence-electron chi connectivity index (χ0n) is 16.0. The molecular formula is C22H11Cl2N3O3S2. The predicted molar refractivity (Wildman–Crippen MR) is 132 cm³/mol. The Kier molecular flexibility index (Phi) is 5.30. The topological polar surface area (TPSA) is 85.1 Å². The Morgan fingerprint density at radius 1 is 1.03 bits per heavy atom. The lowest BCUT2D eigenvalue weighted by molar-refractivity contribution is -0.382. The second-order valence-electron chi connectivity index (χ2n) is 6.79. The number of carbonyl (C=O) groups is 1. The van der Waals surface area contributed by atoms with Crippen LogP contribution >= 0.6 is 45.9 Å². The monoisotopic (exact) mass is 499 g/mol. The lowest BCUT2D eigenvalue weighted by Gasteiger charge is -2.08. The quantitative estimate of drug-likeness (QED) is 0.203. The van der Waals surface area contributed by atoms with E-state index in [1.54, 1.807) is 35.6 Å². The maximum Gasteiger partial charge on any atom is 0.287 e. The number of benzene rings is 3. The van der Waals surface area contributed by atoms with Crippen molar-refractivity contribution in [1.29, 1.82) is 0 Å². The summed E-state index contributed by atoms with van der Waals surface area (Å²) in [5.41, 5.74) is 2.01. The number of anilines is 1. The molecule has 0 unspecified atom stereocenters. The summed E-state index contributed by atoms with van der Waals surface area (Å²) in [5, 5.41) is 15.9. The standard InChI is InChI=1S/C22H11Cl2N3O3S2/c23-13-9-8-11(22-26-14-5-1-2-7-17(14)31-22)10-15(13)25-21(28)20-18(24)12-4-3-6-16(27(29)30)19(12)32-20/h1-10H,(H,25,28). The number of aromatic nitrogens is 1. The molecule has 3 aromatic carbocycles. The van der Waals surface area contributed by atoms with Gasteiger partial charge in [0.05, 0.1) is 30.9 Å². The van der Waals surface area contributed by atoms with Crippen LogP contribution in [-0.2, 0) is 0 Å². The number of amides is 1. The van der Waals surface area contributed by atoms with E-state index < -0.39 is 10.8 Å². The van der Waals surface area contributed by atoms with Crippen molar-refractivity contribution in [2.75, 3.05) is 5.32 Å². The number of thiazole rings is 1. The molecule has 2 aromatic heterocycles. The van der Waals surface area contributed by atoms with Gasteiger partial charge >= 0.3 is 0 Å². The molecule has 32 heavy (non-hydrogen) atoms. The van der Waals surface area contributed by atoms with Crippen molar-refractivity contribution in [3.63, 3.8) is 0 Å². The molecule has 0 atom stereocenters. The fourth-order valence-corrected chi connectivity index (χ4v) is 5.91. The molecule has 0 saturated carbocycles. The third-order valence-electron chi connectivity index (χ3n) is 4.79. The molecule has 0 fully saturated rings. The van der Waals surface area contributed by atoms with Gasteiger partial charge in [-0.05, 0) is 24.3 Å². The highest BCUT2D eigenvalue weighted by Gasteiger charge is 2.23. The maximum atomic E-state index is 13.0. The highest BCUT2D eigenvalue weighted by Crippen LogP contribution is 2.41. The van der Waals surface area contributed by atoms with Gasteiger partial charge in [0.1, 0.15) is 14.6 Å². The summed E-state index contributed by atoms with van der Waals surface area (Å²) in [4.78, 5) is 28.7. The Balaban J connectivity index is 1.51. The predicted octanol–water partition coefficient (Wildman–Crippen LogP) is 7.65. The van der Waals surface area contributed by atoms with E-state index in [2.05, 4.69) is 10.3 Å². The summed E-state index contributed by atoms with van der Waals surface area (Å²) in [5.74, 6) is -0.492. The Morgan fingerprint density at radius 2 is 1.84 bits per heavy atom. The molecule has 6 nitrogen and oxygen atoms in total. The van der Waals surface area contributed by atoms with Crippen LogP contribution in [0.5, 0.6) is 0 Å². The minimum atomic E-state index is -0.492. The van der Waals surface area contributed by atoms with Crippen LogP contribution < -0.4 is 5.32 Å². The van der Waals surface area contributed by atoms with Crippen molar-refractivity contribution in [3.05, 3.63) is 85.7 Å². The smallest absolute Gasteiger partial charge is 0.287 e. The van der Waals surface area contributed by atoms with E-state index in [4.69, 9.17) is 23.2 Å². The number of thiophene rings is 1. The van der Waals surface area contributed by atoms with Gasteiger partial charge in [-0.1, -0.05) is 53.5 Å². The van der Waals surface area contributed by atoms with Gasteiger partial charge in [0.2, 0.25) is 0 Å². The number of fused-ring (bicyclic) bond motifs is 2. The molecule has 0 spiro atoms. The number of non-ortho nitro benzene ring substituents is 1. The summed E-state index contributed by atoms with van der Waals surface area (Å²) in [7, 11) is 0. The molecule has 2 heterocycles. The van der Waals surface area contributed by atoms with E-state index in [1.807, 2.05) is 30.3 Å². The van der Waals surface area contributed by atoms with Crippen LogP contribution in [0.4, 0.5) is 11.4 Å². The highest BCUT2D eigenvalue weighted by molar-refractivity contribution is 7.22. The van der Waals surface area contributed by atoms with Gasteiger partial charge in [-0.3, -0.25) is 14.9 Å². The summed E-state index contributed by atoms with van der Waals surface area (Å²) >= 11 is 15.2. The number of para-hydroxylation sites is 1. The van der Waals surface area contributed by atoms with Crippen molar-refractivity contribution in [2.24, 2.45) is 0 Å². The number of halogens is 2. The first-order valence-corrected chi connectivity index (χ1v) is 11.6. The number of nitro groups is 1. The summed E-state index contributed by atoms with van der Waals surface area (Å²) < 4.78 is 1.41. The fourth-order valence-electron chi connectivity index (χ4n) is 3.29. The first-order valence-electron chi connectivity index (χ1n) is 9.24. The highest BCUT2D eigenvalue weighted by atomic mass is 35.5. The van der Waals surface area contributed by atoms with E-state index in [-0.39, 0.29) is 15.6 Å². The Hall–Kier alpha value is -3.04. The molecule has 5 rings (SSSR count). The first kappa shape index (κ1) is 20.8. The molecular weight excluding hydrogens is 489 g/mol. The van der Waals surface area contributed by atoms with Crippen LogP contribution in [0.25, 0.3) is 30.9 Å². The van der Waals surface area contributed by atoms with Crippen molar-refractivity contribution in [2.45, 2.75) is 0 Å². The zero-order chi connectivity index (χ0) is 22.4. The molecule has 1 amide bonds. The number of carbonyl (C=O) groups excluding carboxylic acids is 1. The molecule has 0 bridgehead atoms. The van der Waals surface area contributed by atoms with E-state index in [0.29, 0.717) is 20.8 Å². The number of hydrogen-bond donors (Lipinski definition) is 1. The number of nitro benzene ring substituents is 1. The Labute approximate surface area is 199 Å². The van der Waals surface area contributed by atoms with Crippen LogP contribution in [0, 0.1) is 10.1 Å². The summed E-state index contributed by atoms with van der Waals surface area (Å²) in [6.07, 6.45) is 0. The van der Waals surface area contributed by atoms with Gasteiger partial charge in [-0.25, -0.2) is 4.98 Å². The van der Waals surface area contributed by atoms with E-state index in [9.17, 15) is 14.9 Å². The zero-order valence-corrected chi connectivity index (χ0v) is 19.1. The van der Waals surface area contributed by atoms with Crippen LogP contribution in [0.15, 0.2) is 60.7 Å². The van der Waals surface area contributed by atoms with Crippen molar-refractivity contribution < 1.29 is 9.72 Å². The minimum absolute atomic E-state index is 0.0932.